The molecule has 0 aromatic carbocycles. The van der Waals surface area contributed by atoms with Gasteiger partial charge in [-0.25, -0.2) is 0 Å². The second-order valence-electron chi connectivity index (χ2n) is 4.29. The number of ether oxygens (including phenoxy) is 1. The number of carbonyl (C=O) groups is 1. The molecule has 3 heteroatoms. The van der Waals surface area contributed by atoms with Gasteiger partial charge in [0.05, 0.1) is 13.0 Å². The maximum absolute atomic E-state index is 11.0. The van der Waals surface area contributed by atoms with Crippen LogP contribution in [-0.2, 0) is 9.53 Å². The van der Waals surface area contributed by atoms with E-state index in [0.29, 0.717) is 0 Å². The summed E-state index contributed by atoms with van der Waals surface area (Å²) in [5.41, 5.74) is -0.0950. The van der Waals surface area contributed by atoms with E-state index in [1.807, 2.05) is 20.8 Å². The smallest absolute Gasteiger partial charge is 0.308 e. The molecule has 0 radical (unpaired) electrons. The van der Waals surface area contributed by atoms with Crippen LogP contribution in [0.5, 0.6) is 0 Å². The van der Waals surface area contributed by atoms with Crippen molar-refractivity contribution in [2.24, 2.45) is 11.3 Å². The standard InChI is InChI=1S/C10H20O3/c1-8(9(12)13-4)5-6-10(2,3)7-11/h8,11H,5-7H2,1-4H3/t8-/m0/s1. The minimum absolute atomic E-state index is 0.0733. The second-order valence-corrected chi connectivity index (χ2v) is 4.29. The summed E-state index contributed by atoms with van der Waals surface area (Å²) in [5.74, 6) is -0.246. The maximum Gasteiger partial charge on any atom is 0.308 e. The molecule has 0 saturated carbocycles. The van der Waals surface area contributed by atoms with Crippen LogP contribution >= 0.6 is 0 Å². The fourth-order valence-corrected chi connectivity index (χ4v) is 1.01. The molecule has 0 amide bonds. The first kappa shape index (κ1) is 12.4. The minimum atomic E-state index is -0.172. The summed E-state index contributed by atoms with van der Waals surface area (Å²) in [6, 6.07) is 0. The second kappa shape index (κ2) is 5.22. The van der Waals surface area contributed by atoms with E-state index in [1.165, 1.54) is 7.11 Å². The van der Waals surface area contributed by atoms with Crippen LogP contribution in [0.1, 0.15) is 33.6 Å². The third-order valence-corrected chi connectivity index (χ3v) is 2.29. The summed E-state index contributed by atoms with van der Waals surface area (Å²) in [6.45, 7) is 5.97. The van der Waals surface area contributed by atoms with E-state index in [0.717, 1.165) is 12.8 Å². The third kappa shape index (κ3) is 4.88. The summed E-state index contributed by atoms with van der Waals surface area (Å²) < 4.78 is 4.61. The Morgan fingerprint density at radius 2 is 2.08 bits per heavy atom. The summed E-state index contributed by atoms with van der Waals surface area (Å²) in [5, 5.41) is 8.99. The van der Waals surface area contributed by atoms with Gasteiger partial charge < -0.3 is 9.84 Å². The van der Waals surface area contributed by atoms with Crippen LogP contribution in [0.15, 0.2) is 0 Å². The molecule has 0 heterocycles. The van der Waals surface area contributed by atoms with Crippen molar-refractivity contribution in [3.8, 4) is 0 Å². The molecule has 1 N–H and O–H groups in total. The van der Waals surface area contributed by atoms with E-state index in [2.05, 4.69) is 4.74 Å². The quantitative estimate of drug-likeness (QED) is 0.666. The maximum atomic E-state index is 11.0. The van der Waals surface area contributed by atoms with Crippen molar-refractivity contribution in [3.05, 3.63) is 0 Å². The molecule has 0 fully saturated rings. The Hall–Kier alpha value is -0.570. The number of aliphatic hydroxyl groups is 1. The Bertz CT molecular complexity index is 164. The zero-order valence-electron chi connectivity index (χ0n) is 8.96. The van der Waals surface area contributed by atoms with Crippen LogP contribution in [0.2, 0.25) is 0 Å². The fourth-order valence-electron chi connectivity index (χ4n) is 1.01. The molecule has 1 atom stereocenters. The van der Waals surface area contributed by atoms with Gasteiger partial charge in [0.2, 0.25) is 0 Å². The molecule has 0 rings (SSSR count). The largest absolute Gasteiger partial charge is 0.469 e. The predicted molar refractivity (Wildman–Crippen MR) is 51.3 cm³/mol. The van der Waals surface area contributed by atoms with Crippen LogP contribution in [0, 0.1) is 11.3 Å². The average molecular weight is 188 g/mol. The van der Waals surface area contributed by atoms with E-state index in [4.69, 9.17) is 5.11 Å². The molecule has 0 spiro atoms. The summed E-state index contributed by atoms with van der Waals surface area (Å²) >= 11 is 0. The molecule has 0 aliphatic heterocycles. The van der Waals surface area contributed by atoms with Crippen LogP contribution in [-0.4, -0.2) is 24.8 Å². The Kier molecular flexibility index (Phi) is 4.99. The monoisotopic (exact) mass is 188 g/mol. The van der Waals surface area contributed by atoms with E-state index in [-0.39, 0.29) is 23.9 Å². The average Bonchev–Trinajstić information content (AvgIpc) is 2.13. The van der Waals surface area contributed by atoms with Crippen LogP contribution in [0.25, 0.3) is 0 Å². The molecule has 3 nitrogen and oxygen atoms in total. The molecule has 0 aromatic heterocycles. The van der Waals surface area contributed by atoms with Crippen molar-refractivity contribution < 1.29 is 14.6 Å². The van der Waals surface area contributed by atoms with Gasteiger partial charge in [-0.1, -0.05) is 20.8 Å². The Labute approximate surface area is 80.1 Å². The zero-order chi connectivity index (χ0) is 10.5. The molecule has 0 aliphatic rings. The number of esters is 1. The van der Waals surface area contributed by atoms with Crippen LogP contribution < -0.4 is 0 Å². The molecule has 0 saturated heterocycles. The van der Waals surface area contributed by atoms with Gasteiger partial charge in [0.1, 0.15) is 0 Å². The van der Waals surface area contributed by atoms with Crippen molar-refractivity contribution in [1.29, 1.82) is 0 Å². The molecule has 13 heavy (non-hydrogen) atoms. The first-order valence-electron chi connectivity index (χ1n) is 4.61. The lowest BCUT2D eigenvalue weighted by Gasteiger charge is -2.22. The van der Waals surface area contributed by atoms with Gasteiger partial charge in [-0.15, -0.1) is 0 Å². The highest BCUT2D eigenvalue weighted by Crippen LogP contribution is 2.24. The van der Waals surface area contributed by atoms with Crippen molar-refractivity contribution in [2.45, 2.75) is 33.6 Å². The van der Waals surface area contributed by atoms with E-state index >= 15 is 0 Å². The minimum Gasteiger partial charge on any atom is -0.469 e. The SMILES string of the molecule is COC(=O)[C@@H](C)CCC(C)(C)CO. The molecule has 0 bridgehead atoms. The van der Waals surface area contributed by atoms with E-state index in [9.17, 15) is 4.79 Å². The summed E-state index contributed by atoms with van der Waals surface area (Å²) in [6.07, 6.45) is 1.60. The number of hydrogen-bond acceptors (Lipinski definition) is 3. The topological polar surface area (TPSA) is 46.5 Å². The Morgan fingerprint density at radius 3 is 2.46 bits per heavy atom. The fraction of sp³-hybridized carbons (Fsp3) is 0.900. The first-order chi connectivity index (χ1) is 5.93. The number of aliphatic hydroxyl groups excluding tert-OH is 1. The normalized spacial score (nSPS) is 13.9. The highest BCUT2D eigenvalue weighted by Gasteiger charge is 2.20. The van der Waals surface area contributed by atoms with Crippen LogP contribution in [0.4, 0.5) is 0 Å². The van der Waals surface area contributed by atoms with E-state index in [1.54, 1.807) is 0 Å². The summed E-state index contributed by atoms with van der Waals surface area (Å²) in [7, 11) is 1.40. The van der Waals surface area contributed by atoms with Crippen molar-refractivity contribution in [2.75, 3.05) is 13.7 Å². The van der Waals surface area contributed by atoms with Gasteiger partial charge in [0.15, 0.2) is 0 Å². The molecule has 0 unspecified atom stereocenters. The van der Waals surface area contributed by atoms with Gasteiger partial charge in [-0.05, 0) is 18.3 Å². The lowest BCUT2D eigenvalue weighted by atomic mass is 9.86. The van der Waals surface area contributed by atoms with Crippen molar-refractivity contribution >= 4 is 5.97 Å². The van der Waals surface area contributed by atoms with E-state index < -0.39 is 0 Å². The Balaban J connectivity index is 3.82. The summed E-state index contributed by atoms with van der Waals surface area (Å²) in [4.78, 5) is 11.0. The molecule has 0 aromatic rings. The Morgan fingerprint density at radius 1 is 1.54 bits per heavy atom. The van der Waals surface area contributed by atoms with Gasteiger partial charge in [-0.2, -0.15) is 0 Å². The van der Waals surface area contributed by atoms with Gasteiger partial charge >= 0.3 is 5.97 Å². The lowest BCUT2D eigenvalue weighted by molar-refractivity contribution is -0.145. The molecule has 0 aliphatic carbocycles. The number of rotatable bonds is 5. The van der Waals surface area contributed by atoms with Crippen molar-refractivity contribution in [1.82, 2.24) is 0 Å². The van der Waals surface area contributed by atoms with Crippen LogP contribution in [0.3, 0.4) is 0 Å². The zero-order valence-corrected chi connectivity index (χ0v) is 8.96. The highest BCUT2D eigenvalue weighted by atomic mass is 16.5. The highest BCUT2D eigenvalue weighted by molar-refractivity contribution is 5.71. The number of carbonyl (C=O) groups excluding carboxylic acids is 1. The third-order valence-electron chi connectivity index (χ3n) is 2.29. The van der Waals surface area contributed by atoms with Gasteiger partial charge in [-0.3, -0.25) is 4.79 Å². The molecular weight excluding hydrogens is 168 g/mol. The predicted octanol–water partition coefficient (Wildman–Crippen LogP) is 1.59. The first-order valence-corrected chi connectivity index (χ1v) is 4.61. The van der Waals surface area contributed by atoms with Gasteiger partial charge in [0.25, 0.3) is 0 Å². The number of hydrogen-bond donors (Lipinski definition) is 1. The van der Waals surface area contributed by atoms with Gasteiger partial charge in [0, 0.05) is 6.61 Å². The lowest BCUT2D eigenvalue weighted by Crippen LogP contribution is -2.20. The van der Waals surface area contributed by atoms with Crippen molar-refractivity contribution in [3.63, 3.8) is 0 Å². The molecular formula is C10H20O3. The number of methoxy groups -OCH3 is 1. The molecule has 78 valence electrons.